The fourth-order valence-electron chi connectivity index (χ4n) is 6.17. The first kappa shape index (κ1) is 26.6. The second-order valence-electron chi connectivity index (χ2n) is 10.3. The Kier molecular flexibility index (Phi) is 11.1. The van der Waals surface area contributed by atoms with E-state index in [1.807, 2.05) is 0 Å². The molecule has 8 aliphatic rings. The second kappa shape index (κ2) is 13.7. The molecule has 8 fully saturated rings. The van der Waals surface area contributed by atoms with Crippen LogP contribution in [0, 0.1) is 23.7 Å². The smallest absolute Gasteiger partial charge is 0 e. The average Bonchev–Trinajstić information content (AvgIpc) is 3.57. The van der Waals surface area contributed by atoms with Crippen molar-refractivity contribution >= 4 is 0 Å². The number of hydrogen-bond acceptors (Lipinski definition) is 0. The Bertz CT molecular complexity index is 393. The normalized spacial score (nSPS) is 43.6. The first-order valence-electron chi connectivity index (χ1n) is 13.2. The molecular weight excluding hydrogens is 579 g/mol. The zero-order valence-electron chi connectivity index (χ0n) is 20.0. The van der Waals surface area contributed by atoms with Crippen LogP contribution in [0.4, 0.5) is 0 Å². The van der Waals surface area contributed by atoms with E-state index in [-0.39, 0.29) is 25.8 Å². The van der Waals surface area contributed by atoms with Gasteiger partial charge >= 0.3 is 0 Å². The molecule has 188 valence electrons. The van der Waals surface area contributed by atoms with Gasteiger partial charge in [0, 0.05) is 25.8 Å². The van der Waals surface area contributed by atoms with Crippen molar-refractivity contribution in [2.45, 2.75) is 76.0 Å². The van der Waals surface area contributed by atoms with Crippen LogP contribution in [0.2, 0.25) is 0 Å². The third-order valence-corrected chi connectivity index (χ3v) is 8.21. The Morgan fingerprint density at radius 2 is 0.424 bits per heavy atom. The van der Waals surface area contributed by atoms with E-state index < -0.39 is 0 Å². The second-order valence-corrected chi connectivity index (χ2v) is 10.3. The number of hydrogen-bond donors (Lipinski definition) is 0. The summed E-state index contributed by atoms with van der Waals surface area (Å²) in [6.45, 7) is 8.55. The molecule has 8 aliphatic heterocycles. The van der Waals surface area contributed by atoms with E-state index in [9.17, 15) is 0 Å². The summed E-state index contributed by atoms with van der Waals surface area (Å²) in [5, 5.41) is 34.6. The monoisotopic (exact) mass is 620 g/mol. The molecule has 0 unspecified atom stereocenters. The minimum absolute atomic E-state index is 0. The molecule has 0 bridgehead atoms. The average molecular weight is 619 g/mol. The molecule has 0 radical (unpaired) electrons. The third-order valence-electron chi connectivity index (χ3n) is 8.21. The van der Waals surface area contributed by atoms with Crippen molar-refractivity contribution in [2.75, 3.05) is 52.4 Å². The molecule has 0 aromatic heterocycles. The van der Waals surface area contributed by atoms with Crippen molar-refractivity contribution in [1.29, 1.82) is 0 Å². The molecule has 0 saturated carbocycles. The topological polar surface area (TPSA) is 113 Å². The van der Waals surface area contributed by atoms with Crippen LogP contribution < -0.4 is 0 Å². The molecule has 8 saturated heterocycles. The van der Waals surface area contributed by atoms with Crippen LogP contribution in [0.25, 0.3) is 42.5 Å². The molecule has 0 amide bonds. The molecular formula is C24H40HfN8-8. The third kappa shape index (κ3) is 7.29. The molecule has 0 aromatic rings. The Balaban J connectivity index is 0.000000104. The van der Waals surface area contributed by atoms with E-state index in [0.29, 0.717) is 24.7 Å². The van der Waals surface area contributed by atoms with E-state index >= 15 is 0 Å². The maximum absolute atomic E-state index is 4.33. The molecule has 0 aliphatic carbocycles. The van der Waals surface area contributed by atoms with Crippen molar-refractivity contribution in [1.82, 2.24) is 0 Å². The fourth-order valence-corrected chi connectivity index (χ4v) is 6.17. The first-order valence-corrected chi connectivity index (χ1v) is 13.2. The van der Waals surface area contributed by atoms with Crippen molar-refractivity contribution in [2.24, 2.45) is 23.7 Å². The first-order chi connectivity index (χ1) is 15.9. The van der Waals surface area contributed by atoms with Gasteiger partial charge in [0.1, 0.15) is 0 Å². The summed E-state index contributed by atoms with van der Waals surface area (Å²) in [5.41, 5.74) is 0. The zero-order valence-corrected chi connectivity index (χ0v) is 23.6. The Hall–Kier alpha value is 0.550. The Labute approximate surface area is 219 Å². The largest absolute Gasteiger partial charge is 0.678 e. The minimum Gasteiger partial charge on any atom is -0.678 e. The maximum Gasteiger partial charge on any atom is 0 e. The van der Waals surface area contributed by atoms with Gasteiger partial charge in [-0.15, -0.1) is 52.4 Å². The van der Waals surface area contributed by atoms with Gasteiger partial charge in [-0.05, 0) is 0 Å². The Morgan fingerprint density at radius 3 is 0.545 bits per heavy atom. The van der Waals surface area contributed by atoms with Crippen LogP contribution in [0.1, 0.15) is 51.4 Å². The van der Waals surface area contributed by atoms with Gasteiger partial charge in [0.15, 0.2) is 0 Å². The molecule has 0 N–H and O–H groups in total. The zero-order chi connectivity index (χ0) is 21.6. The molecule has 8 heterocycles. The fraction of sp³-hybridized carbons (Fsp3) is 1.00. The Morgan fingerprint density at radius 1 is 0.273 bits per heavy atom. The quantitative estimate of drug-likeness (QED) is 0.300. The van der Waals surface area contributed by atoms with Crippen molar-refractivity contribution < 1.29 is 25.8 Å². The van der Waals surface area contributed by atoms with Crippen LogP contribution in [0.15, 0.2) is 0 Å². The van der Waals surface area contributed by atoms with Gasteiger partial charge in [0.05, 0.1) is 0 Å². The summed E-state index contributed by atoms with van der Waals surface area (Å²) in [6, 6.07) is 0. The van der Waals surface area contributed by atoms with Crippen LogP contribution in [-0.4, -0.2) is 77.0 Å². The van der Waals surface area contributed by atoms with Crippen LogP contribution >= 0.6 is 0 Å². The van der Waals surface area contributed by atoms with Gasteiger partial charge in [-0.3, -0.25) is 0 Å². The van der Waals surface area contributed by atoms with Gasteiger partial charge in [-0.2, -0.15) is 0 Å². The summed E-state index contributed by atoms with van der Waals surface area (Å²) in [6.07, 6.45) is 12.1. The van der Waals surface area contributed by atoms with E-state index in [1.54, 1.807) is 0 Å². The van der Waals surface area contributed by atoms with E-state index in [1.165, 1.54) is 51.4 Å². The SMILES string of the molecule is C1CC2CC[N-]C2[N-]1.C1CC2CC[N-]C2[N-]1.C1CC2CC[N-]C2[N-]1.C1CC2CC[N-]C2[N-]1.[Hf]. The molecule has 8 rings (SSSR count). The summed E-state index contributed by atoms with van der Waals surface area (Å²) < 4.78 is 0. The minimum atomic E-state index is 0. The van der Waals surface area contributed by atoms with E-state index in [0.717, 1.165) is 76.0 Å². The van der Waals surface area contributed by atoms with Gasteiger partial charge in [0.2, 0.25) is 0 Å². The van der Waals surface area contributed by atoms with E-state index in [2.05, 4.69) is 42.5 Å². The van der Waals surface area contributed by atoms with Crippen LogP contribution in [-0.2, 0) is 25.8 Å². The molecule has 9 heteroatoms. The van der Waals surface area contributed by atoms with E-state index in [4.69, 9.17) is 0 Å². The summed E-state index contributed by atoms with van der Waals surface area (Å²) in [7, 11) is 0. The molecule has 8 nitrogen and oxygen atoms in total. The number of nitrogens with zero attached hydrogens (tertiary/aromatic N) is 8. The molecule has 33 heavy (non-hydrogen) atoms. The summed E-state index contributed by atoms with van der Waals surface area (Å²) in [5.74, 6) is 3.37. The van der Waals surface area contributed by atoms with Gasteiger partial charge < -0.3 is 42.5 Å². The summed E-state index contributed by atoms with van der Waals surface area (Å²) in [4.78, 5) is 0. The summed E-state index contributed by atoms with van der Waals surface area (Å²) >= 11 is 0. The molecule has 0 aromatic carbocycles. The van der Waals surface area contributed by atoms with Crippen LogP contribution in [0.5, 0.6) is 0 Å². The predicted octanol–water partition coefficient (Wildman–Crippen LogP) is 5.93. The van der Waals surface area contributed by atoms with Crippen molar-refractivity contribution in [3.05, 3.63) is 42.5 Å². The van der Waals surface area contributed by atoms with Gasteiger partial charge in [-0.1, -0.05) is 75.0 Å². The number of rotatable bonds is 0. The standard InChI is InChI=1S/4C6H10N2.Hf/c4*1-3-7-6-5(1)2-4-8-6;/h4*5-6H,1-4H2;/q4*-2;. The van der Waals surface area contributed by atoms with Gasteiger partial charge in [0.25, 0.3) is 0 Å². The molecule has 0 atom stereocenters. The maximum atomic E-state index is 4.33. The molecule has 0 spiro atoms. The predicted molar refractivity (Wildman–Crippen MR) is 132 cm³/mol. The van der Waals surface area contributed by atoms with Crippen LogP contribution in [0.3, 0.4) is 0 Å². The van der Waals surface area contributed by atoms with Crippen molar-refractivity contribution in [3.63, 3.8) is 0 Å². The van der Waals surface area contributed by atoms with Crippen molar-refractivity contribution in [3.8, 4) is 0 Å². The van der Waals surface area contributed by atoms with Gasteiger partial charge in [-0.25, -0.2) is 24.7 Å². The number of fused-ring (bicyclic) bond motifs is 4.